The highest BCUT2D eigenvalue weighted by Gasteiger charge is 2.25. The zero-order chi connectivity index (χ0) is 9.84. The third kappa shape index (κ3) is 2.41. The molecule has 0 radical (unpaired) electrons. The van der Waals surface area contributed by atoms with Gasteiger partial charge in [-0.25, -0.2) is 0 Å². The van der Waals surface area contributed by atoms with Gasteiger partial charge in [0.25, 0.3) is 5.91 Å². The van der Waals surface area contributed by atoms with Gasteiger partial charge in [0.15, 0.2) is 6.10 Å². The lowest BCUT2D eigenvalue weighted by atomic mass is 10.2. The van der Waals surface area contributed by atoms with Gasteiger partial charge in [-0.05, 0) is 6.92 Å². The summed E-state index contributed by atoms with van der Waals surface area (Å²) in [6, 6.07) is 1.93. The van der Waals surface area contributed by atoms with Gasteiger partial charge < -0.3 is 14.7 Å². The Morgan fingerprint density at radius 3 is 3.08 bits per heavy atom. The van der Waals surface area contributed by atoms with E-state index in [0.29, 0.717) is 13.2 Å². The van der Waals surface area contributed by atoms with E-state index in [0.717, 1.165) is 0 Å². The first-order chi connectivity index (χ1) is 6.15. The molecule has 0 saturated carbocycles. The molecule has 72 valence electrons. The Hall–Kier alpha value is -1.12. The molecule has 2 atom stereocenters. The van der Waals surface area contributed by atoms with E-state index in [2.05, 4.69) is 0 Å². The first-order valence-electron chi connectivity index (χ1n) is 4.13. The van der Waals surface area contributed by atoms with E-state index < -0.39 is 12.2 Å². The molecular formula is C8H12N2O3. The van der Waals surface area contributed by atoms with E-state index in [1.807, 2.05) is 6.07 Å². The number of carbonyl (C=O) groups excluding carboxylic acids is 1. The van der Waals surface area contributed by atoms with Crippen LogP contribution in [-0.4, -0.2) is 47.8 Å². The van der Waals surface area contributed by atoms with E-state index in [4.69, 9.17) is 15.1 Å². The van der Waals surface area contributed by atoms with E-state index in [-0.39, 0.29) is 12.5 Å². The molecular weight excluding hydrogens is 172 g/mol. The molecule has 5 nitrogen and oxygen atoms in total. The van der Waals surface area contributed by atoms with Crippen molar-refractivity contribution in [3.8, 4) is 6.07 Å². The maximum absolute atomic E-state index is 11.3. The van der Waals surface area contributed by atoms with Crippen LogP contribution in [0.4, 0.5) is 0 Å². The highest BCUT2D eigenvalue weighted by Crippen LogP contribution is 2.05. The smallest absolute Gasteiger partial charge is 0.251 e. The monoisotopic (exact) mass is 184 g/mol. The number of nitriles is 1. The summed E-state index contributed by atoms with van der Waals surface area (Å²) in [6.07, 6.45) is -1.56. The van der Waals surface area contributed by atoms with Gasteiger partial charge >= 0.3 is 0 Å². The standard InChI is InChI=1S/C8H12N2O3/c1-6(11)8(12)10-2-3-13-7(4-9)5-10/h6-7,11H,2-3,5H2,1H3/t6-,7?/m1/s1. The van der Waals surface area contributed by atoms with Gasteiger partial charge in [0.2, 0.25) is 0 Å². The number of carbonyl (C=O) groups is 1. The molecule has 0 aromatic heterocycles. The first kappa shape index (κ1) is 9.96. The van der Waals surface area contributed by atoms with Gasteiger partial charge in [-0.3, -0.25) is 4.79 Å². The number of amides is 1. The van der Waals surface area contributed by atoms with E-state index in [9.17, 15) is 4.79 Å². The van der Waals surface area contributed by atoms with Crippen molar-refractivity contribution in [2.24, 2.45) is 0 Å². The molecule has 1 heterocycles. The largest absolute Gasteiger partial charge is 0.384 e. The zero-order valence-corrected chi connectivity index (χ0v) is 7.43. The predicted octanol–water partition coefficient (Wildman–Crippen LogP) is -0.882. The Labute approximate surface area is 76.5 Å². The maximum Gasteiger partial charge on any atom is 0.251 e. The van der Waals surface area contributed by atoms with Crippen molar-refractivity contribution < 1.29 is 14.6 Å². The molecule has 0 spiro atoms. The van der Waals surface area contributed by atoms with Crippen molar-refractivity contribution in [2.75, 3.05) is 19.7 Å². The number of nitrogens with zero attached hydrogens (tertiary/aromatic N) is 2. The topological polar surface area (TPSA) is 73.6 Å². The fourth-order valence-corrected chi connectivity index (χ4v) is 1.19. The van der Waals surface area contributed by atoms with Crippen molar-refractivity contribution in [3.05, 3.63) is 0 Å². The summed E-state index contributed by atoms with van der Waals surface area (Å²) in [5, 5.41) is 17.6. The summed E-state index contributed by atoms with van der Waals surface area (Å²) < 4.78 is 5.05. The van der Waals surface area contributed by atoms with Crippen LogP contribution in [0.2, 0.25) is 0 Å². The second-order valence-electron chi connectivity index (χ2n) is 2.95. The quantitative estimate of drug-likeness (QED) is 0.574. The lowest BCUT2D eigenvalue weighted by Gasteiger charge is -2.30. The fraction of sp³-hybridized carbons (Fsp3) is 0.750. The zero-order valence-electron chi connectivity index (χ0n) is 7.43. The molecule has 13 heavy (non-hydrogen) atoms. The second-order valence-corrected chi connectivity index (χ2v) is 2.95. The van der Waals surface area contributed by atoms with Crippen LogP contribution in [0, 0.1) is 11.3 Å². The van der Waals surface area contributed by atoms with Gasteiger partial charge in [-0.2, -0.15) is 5.26 Å². The van der Waals surface area contributed by atoms with E-state index in [1.165, 1.54) is 11.8 Å². The van der Waals surface area contributed by atoms with Crippen molar-refractivity contribution in [2.45, 2.75) is 19.1 Å². The minimum atomic E-state index is -1.00. The number of rotatable bonds is 1. The summed E-state index contributed by atoms with van der Waals surface area (Å²) in [5.41, 5.74) is 0. The number of hydrogen-bond acceptors (Lipinski definition) is 4. The van der Waals surface area contributed by atoms with Crippen molar-refractivity contribution in [1.29, 1.82) is 5.26 Å². The second kappa shape index (κ2) is 4.21. The van der Waals surface area contributed by atoms with Crippen molar-refractivity contribution >= 4 is 5.91 Å². The molecule has 0 bridgehead atoms. The SMILES string of the molecule is C[C@@H](O)C(=O)N1CCOC(C#N)C1. The molecule has 0 aliphatic carbocycles. The first-order valence-corrected chi connectivity index (χ1v) is 4.13. The number of aliphatic hydroxyl groups excluding tert-OH is 1. The Morgan fingerprint density at radius 1 is 1.85 bits per heavy atom. The van der Waals surface area contributed by atoms with Crippen LogP contribution in [0.3, 0.4) is 0 Å². The maximum atomic E-state index is 11.3. The van der Waals surface area contributed by atoms with Crippen LogP contribution < -0.4 is 0 Å². The molecule has 1 rings (SSSR count). The molecule has 1 fully saturated rings. The van der Waals surface area contributed by atoms with E-state index in [1.54, 1.807) is 0 Å². The Bertz CT molecular complexity index is 234. The van der Waals surface area contributed by atoms with Gasteiger partial charge in [0, 0.05) is 6.54 Å². The molecule has 0 aromatic rings. The third-order valence-electron chi connectivity index (χ3n) is 1.88. The van der Waals surface area contributed by atoms with Crippen LogP contribution in [0.5, 0.6) is 0 Å². The lowest BCUT2D eigenvalue weighted by molar-refractivity contribution is -0.145. The van der Waals surface area contributed by atoms with E-state index >= 15 is 0 Å². The molecule has 1 aliphatic heterocycles. The Balaban J connectivity index is 2.52. The number of hydrogen-bond donors (Lipinski definition) is 1. The summed E-state index contributed by atoms with van der Waals surface area (Å²) >= 11 is 0. The van der Waals surface area contributed by atoms with Gasteiger partial charge in [0.1, 0.15) is 6.10 Å². The van der Waals surface area contributed by atoms with Gasteiger partial charge in [-0.15, -0.1) is 0 Å². The van der Waals surface area contributed by atoms with Crippen LogP contribution in [-0.2, 0) is 9.53 Å². The Morgan fingerprint density at radius 2 is 2.54 bits per heavy atom. The van der Waals surface area contributed by atoms with Crippen LogP contribution in [0.15, 0.2) is 0 Å². The molecule has 0 aromatic carbocycles. The number of morpholine rings is 1. The molecule has 1 N–H and O–H groups in total. The molecule has 1 unspecified atom stereocenters. The summed E-state index contributed by atoms with van der Waals surface area (Å²) in [7, 11) is 0. The van der Waals surface area contributed by atoms with Gasteiger partial charge in [-0.1, -0.05) is 0 Å². The summed E-state index contributed by atoms with van der Waals surface area (Å²) in [5.74, 6) is -0.344. The minimum Gasteiger partial charge on any atom is -0.384 e. The van der Waals surface area contributed by atoms with Gasteiger partial charge in [0.05, 0.1) is 19.2 Å². The highest BCUT2D eigenvalue weighted by molar-refractivity contribution is 5.80. The third-order valence-corrected chi connectivity index (χ3v) is 1.88. The predicted molar refractivity (Wildman–Crippen MR) is 43.6 cm³/mol. The average Bonchev–Trinajstić information content (AvgIpc) is 2.16. The minimum absolute atomic E-state index is 0.250. The molecule has 1 aliphatic rings. The normalized spacial score (nSPS) is 25.0. The fourth-order valence-electron chi connectivity index (χ4n) is 1.19. The summed E-state index contributed by atoms with van der Waals surface area (Å²) in [4.78, 5) is 12.7. The molecule has 5 heteroatoms. The van der Waals surface area contributed by atoms with Crippen molar-refractivity contribution in [1.82, 2.24) is 4.90 Å². The average molecular weight is 184 g/mol. The lowest BCUT2D eigenvalue weighted by Crippen LogP contribution is -2.48. The number of aliphatic hydroxyl groups is 1. The highest BCUT2D eigenvalue weighted by atomic mass is 16.5. The van der Waals surface area contributed by atoms with Crippen LogP contribution in [0.25, 0.3) is 0 Å². The molecule has 1 amide bonds. The van der Waals surface area contributed by atoms with Crippen LogP contribution >= 0.6 is 0 Å². The van der Waals surface area contributed by atoms with Crippen LogP contribution in [0.1, 0.15) is 6.92 Å². The molecule has 1 saturated heterocycles. The number of ether oxygens (including phenoxy) is 1. The van der Waals surface area contributed by atoms with Crippen molar-refractivity contribution in [3.63, 3.8) is 0 Å². The Kier molecular flexibility index (Phi) is 3.23. The summed E-state index contributed by atoms with van der Waals surface area (Å²) in [6.45, 7) is 2.47.